The number of benzene rings is 10. The Morgan fingerprint density at radius 1 is 0.232 bits per heavy atom. The zero-order valence-electron chi connectivity index (χ0n) is 30.5. The molecule has 0 aliphatic rings. The van der Waals surface area contributed by atoms with Crippen LogP contribution in [0.4, 0.5) is 0 Å². The Balaban J connectivity index is 1.12. The average Bonchev–Trinajstić information content (AvgIpc) is 3.79. The van der Waals surface area contributed by atoms with Gasteiger partial charge < -0.3 is 9.13 Å². The molecule has 260 valence electrons. The van der Waals surface area contributed by atoms with Crippen LogP contribution in [0.5, 0.6) is 0 Å². The summed E-state index contributed by atoms with van der Waals surface area (Å²) in [5, 5.41) is 12.8. The molecule has 2 heteroatoms. The second-order valence-electron chi connectivity index (χ2n) is 14.9. The molecule has 56 heavy (non-hydrogen) atoms. The molecule has 0 aliphatic carbocycles. The molecule has 12 aromatic rings. The molecular formula is C54H34N2. The maximum Gasteiger partial charge on any atom is 0.0547 e. The van der Waals surface area contributed by atoms with Crippen LogP contribution in [-0.4, -0.2) is 9.13 Å². The van der Waals surface area contributed by atoms with Gasteiger partial charge in [-0.2, -0.15) is 0 Å². The van der Waals surface area contributed by atoms with Gasteiger partial charge in [0.2, 0.25) is 0 Å². The van der Waals surface area contributed by atoms with Crippen molar-refractivity contribution in [1.29, 1.82) is 0 Å². The van der Waals surface area contributed by atoms with Gasteiger partial charge >= 0.3 is 0 Å². The Morgan fingerprint density at radius 2 is 0.661 bits per heavy atom. The second kappa shape index (κ2) is 12.0. The van der Waals surface area contributed by atoms with Crippen LogP contribution in [0.3, 0.4) is 0 Å². The highest BCUT2D eigenvalue weighted by Crippen LogP contribution is 2.43. The monoisotopic (exact) mass is 710 g/mol. The number of hydrogen-bond acceptors (Lipinski definition) is 0. The summed E-state index contributed by atoms with van der Waals surface area (Å²) in [6.45, 7) is 0. The number of fused-ring (bicyclic) bond motifs is 12. The number of aromatic nitrogens is 2. The van der Waals surface area contributed by atoms with Gasteiger partial charge in [0.15, 0.2) is 0 Å². The SMILES string of the molecule is c1ccc(-n2c3ccccc3c3cc(-c4ccc5c(c4)c4c(-c6ccc7c8ccccc8c8ccccc8c7c6)cccc4n5-c4ccccc4)ccc32)cc1. The fourth-order valence-corrected chi connectivity index (χ4v) is 9.43. The van der Waals surface area contributed by atoms with E-state index in [4.69, 9.17) is 0 Å². The molecule has 10 aromatic carbocycles. The van der Waals surface area contributed by atoms with E-state index >= 15 is 0 Å². The molecule has 0 amide bonds. The Hall–Kier alpha value is -7.42. The van der Waals surface area contributed by atoms with Crippen molar-refractivity contribution in [2.45, 2.75) is 0 Å². The third-order valence-corrected chi connectivity index (χ3v) is 11.9. The highest BCUT2D eigenvalue weighted by molar-refractivity contribution is 6.26. The van der Waals surface area contributed by atoms with E-state index < -0.39 is 0 Å². The normalized spacial score (nSPS) is 11.9. The third kappa shape index (κ3) is 4.50. The van der Waals surface area contributed by atoms with Crippen molar-refractivity contribution < 1.29 is 0 Å². The highest BCUT2D eigenvalue weighted by atomic mass is 15.0. The molecular weight excluding hydrogens is 677 g/mol. The Bertz CT molecular complexity index is 3480. The minimum atomic E-state index is 1.16. The lowest BCUT2D eigenvalue weighted by molar-refractivity contribution is 1.18. The van der Waals surface area contributed by atoms with E-state index in [-0.39, 0.29) is 0 Å². The Labute approximate surface area is 323 Å². The van der Waals surface area contributed by atoms with E-state index in [9.17, 15) is 0 Å². The van der Waals surface area contributed by atoms with Gasteiger partial charge in [0, 0.05) is 32.9 Å². The molecule has 0 unspecified atom stereocenters. The molecule has 2 aromatic heterocycles. The van der Waals surface area contributed by atoms with Gasteiger partial charge in [-0.1, -0.05) is 140 Å². The van der Waals surface area contributed by atoms with Crippen LogP contribution in [-0.2, 0) is 0 Å². The molecule has 0 atom stereocenters. The third-order valence-electron chi connectivity index (χ3n) is 11.9. The van der Waals surface area contributed by atoms with Gasteiger partial charge in [-0.3, -0.25) is 0 Å². The summed E-state index contributed by atoms with van der Waals surface area (Å²) in [5.41, 5.74) is 12.0. The molecule has 0 radical (unpaired) electrons. The van der Waals surface area contributed by atoms with E-state index in [2.05, 4.69) is 215 Å². The zero-order chi connectivity index (χ0) is 36.7. The van der Waals surface area contributed by atoms with Crippen molar-refractivity contribution in [3.05, 3.63) is 206 Å². The van der Waals surface area contributed by atoms with Crippen LogP contribution in [0, 0.1) is 0 Å². The first-order valence-corrected chi connectivity index (χ1v) is 19.4. The quantitative estimate of drug-likeness (QED) is 0.161. The molecule has 2 nitrogen and oxygen atoms in total. The molecule has 0 N–H and O–H groups in total. The van der Waals surface area contributed by atoms with Crippen molar-refractivity contribution >= 4 is 75.9 Å². The van der Waals surface area contributed by atoms with Crippen LogP contribution in [0.25, 0.3) is 110 Å². The van der Waals surface area contributed by atoms with Crippen LogP contribution in [0.1, 0.15) is 0 Å². The predicted octanol–water partition coefficient (Wildman–Crippen LogP) is 14.7. The maximum absolute atomic E-state index is 2.43. The highest BCUT2D eigenvalue weighted by Gasteiger charge is 2.19. The van der Waals surface area contributed by atoms with E-state index in [1.165, 1.54) is 104 Å². The number of para-hydroxylation sites is 3. The molecule has 0 saturated heterocycles. The predicted molar refractivity (Wildman–Crippen MR) is 239 cm³/mol. The van der Waals surface area contributed by atoms with E-state index in [1.807, 2.05) is 0 Å². The van der Waals surface area contributed by atoms with Gasteiger partial charge in [-0.25, -0.2) is 0 Å². The molecule has 0 bridgehead atoms. The van der Waals surface area contributed by atoms with Crippen LogP contribution >= 0.6 is 0 Å². The summed E-state index contributed by atoms with van der Waals surface area (Å²) >= 11 is 0. The van der Waals surface area contributed by atoms with Crippen molar-refractivity contribution in [2.24, 2.45) is 0 Å². The molecule has 0 spiro atoms. The molecule has 2 heterocycles. The maximum atomic E-state index is 2.43. The van der Waals surface area contributed by atoms with Gasteiger partial charge in [-0.15, -0.1) is 0 Å². The topological polar surface area (TPSA) is 9.86 Å². The van der Waals surface area contributed by atoms with Gasteiger partial charge in [-0.05, 0) is 121 Å². The minimum Gasteiger partial charge on any atom is -0.309 e. The van der Waals surface area contributed by atoms with Crippen LogP contribution < -0.4 is 0 Å². The first-order valence-electron chi connectivity index (χ1n) is 19.4. The number of hydrogen-bond donors (Lipinski definition) is 0. The summed E-state index contributed by atoms with van der Waals surface area (Å²) in [4.78, 5) is 0. The smallest absolute Gasteiger partial charge is 0.0547 e. The average molecular weight is 711 g/mol. The van der Waals surface area contributed by atoms with E-state index in [0.29, 0.717) is 0 Å². The molecule has 0 aliphatic heterocycles. The lowest BCUT2D eigenvalue weighted by atomic mass is 9.91. The first kappa shape index (κ1) is 31.0. The fourth-order valence-electron chi connectivity index (χ4n) is 9.43. The van der Waals surface area contributed by atoms with Gasteiger partial charge in [0.05, 0.1) is 22.1 Å². The molecule has 12 rings (SSSR count). The zero-order valence-corrected chi connectivity index (χ0v) is 30.5. The minimum absolute atomic E-state index is 1.16. The van der Waals surface area contributed by atoms with Gasteiger partial charge in [0.1, 0.15) is 0 Å². The summed E-state index contributed by atoms with van der Waals surface area (Å²) in [6, 6.07) is 75.8. The summed E-state index contributed by atoms with van der Waals surface area (Å²) in [5.74, 6) is 0. The lowest BCUT2D eigenvalue weighted by Crippen LogP contribution is -1.93. The van der Waals surface area contributed by atoms with Crippen molar-refractivity contribution in [3.63, 3.8) is 0 Å². The number of rotatable bonds is 4. The van der Waals surface area contributed by atoms with Crippen molar-refractivity contribution in [2.75, 3.05) is 0 Å². The fraction of sp³-hybridized carbons (Fsp3) is 0. The Kier molecular flexibility index (Phi) is 6.66. The summed E-state index contributed by atoms with van der Waals surface area (Å²) < 4.78 is 4.81. The Morgan fingerprint density at radius 3 is 1.30 bits per heavy atom. The number of nitrogens with zero attached hydrogens (tertiary/aromatic N) is 2. The van der Waals surface area contributed by atoms with Crippen LogP contribution in [0.15, 0.2) is 206 Å². The van der Waals surface area contributed by atoms with Crippen molar-refractivity contribution in [1.82, 2.24) is 9.13 Å². The summed E-state index contributed by atoms with van der Waals surface area (Å²) in [6.07, 6.45) is 0. The first-order chi connectivity index (χ1) is 27.8. The molecule has 0 fully saturated rings. The van der Waals surface area contributed by atoms with Crippen molar-refractivity contribution in [3.8, 4) is 33.6 Å². The van der Waals surface area contributed by atoms with Gasteiger partial charge in [0.25, 0.3) is 0 Å². The van der Waals surface area contributed by atoms with Crippen LogP contribution in [0.2, 0.25) is 0 Å². The second-order valence-corrected chi connectivity index (χ2v) is 14.9. The largest absolute Gasteiger partial charge is 0.309 e. The van der Waals surface area contributed by atoms with E-state index in [1.54, 1.807) is 0 Å². The summed E-state index contributed by atoms with van der Waals surface area (Å²) in [7, 11) is 0. The molecule has 0 saturated carbocycles. The van der Waals surface area contributed by atoms with E-state index in [0.717, 1.165) is 5.69 Å². The standard InChI is InChI=1S/C54H34N2/c1-3-14-38(15-4-1)55-50-24-12-11-22-46(50)48-32-35(27-30-51(48)55)36-28-31-52-49(33-36)54-40(23-13-25-53(54)56(52)39-16-5-2-6-17-39)37-26-29-45-43-20-8-7-18-41(43)42-19-9-10-21-44(42)47(45)34-37/h1-34H. The lowest BCUT2D eigenvalue weighted by Gasteiger charge is -2.13.